The summed E-state index contributed by atoms with van der Waals surface area (Å²) in [5.41, 5.74) is 2.88. The number of carbonyl (C=O) groups excluding carboxylic acids is 2. The molecule has 12 rings (SSSR count). The van der Waals surface area contributed by atoms with Crippen molar-refractivity contribution in [3.8, 4) is 35.4 Å². The van der Waals surface area contributed by atoms with Crippen LogP contribution in [0.5, 0.6) is 11.8 Å². The summed E-state index contributed by atoms with van der Waals surface area (Å²) in [7, 11) is 0. The summed E-state index contributed by atoms with van der Waals surface area (Å²) in [5.74, 6) is 0.523. The highest BCUT2D eigenvalue weighted by Gasteiger charge is 2.49. The Morgan fingerprint density at radius 1 is 0.985 bits per heavy atom. The fourth-order valence-corrected chi connectivity index (χ4v) is 11.8. The molecule has 6 aliphatic rings. The molecule has 3 aromatic heterocycles. The lowest BCUT2D eigenvalue weighted by molar-refractivity contribution is -0.134. The van der Waals surface area contributed by atoms with Gasteiger partial charge in [0.25, 0.3) is 0 Å². The molecule has 3 aromatic carbocycles. The maximum absolute atomic E-state index is 17.1. The van der Waals surface area contributed by atoms with E-state index < -0.39 is 17.6 Å². The van der Waals surface area contributed by atoms with Gasteiger partial charge in [-0.05, 0) is 106 Å². The number of hydrogen-bond donors (Lipinski definition) is 5. The number of H-pyrrole nitrogens is 1. The van der Waals surface area contributed by atoms with Crippen LogP contribution >= 0.6 is 0 Å². The number of carbonyl (C=O) groups is 2. The second-order valence-corrected chi connectivity index (χ2v) is 19.9. The summed E-state index contributed by atoms with van der Waals surface area (Å²) < 4.78 is 38.6. The number of hydrogen-bond acceptors (Lipinski definition) is 12. The number of imide groups is 1. The number of benzene rings is 3. The first kappa shape index (κ1) is 41.0. The molecule has 14 nitrogen and oxygen atoms in total. The van der Waals surface area contributed by atoms with Crippen LogP contribution in [0.25, 0.3) is 43.8 Å². The Morgan fingerprint density at radius 2 is 1.79 bits per heavy atom. The predicted molar refractivity (Wildman–Crippen MR) is 245 cm³/mol. The van der Waals surface area contributed by atoms with Gasteiger partial charge in [0.1, 0.15) is 28.6 Å². The molecule has 3 unspecified atom stereocenters. The van der Waals surface area contributed by atoms with Crippen molar-refractivity contribution >= 4 is 55.9 Å². The Kier molecular flexibility index (Phi) is 9.69. The molecule has 4 aliphatic heterocycles. The van der Waals surface area contributed by atoms with E-state index >= 15 is 8.78 Å². The van der Waals surface area contributed by atoms with Gasteiger partial charge in [-0.15, -0.1) is 6.42 Å². The maximum Gasteiger partial charge on any atom is 0.319 e. The number of ether oxygens (including phenoxy) is 1. The van der Waals surface area contributed by atoms with E-state index in [0.717, 1.165) is 87.6 Å². The second-order valence-electron chi connectivity index (χ2n) is 19.9. The van der Waals surface area contributed by atoms with Crippen molar-refractivity contribution in [1.29, 1.82) is 0 Å². The number of nitrogens with zero attached hydrogens (tertiary/aromatic N) is 6. The SMILES string of the molecule is C#Cc1c(F)ccc2cc(O)cc(-c3ncc4c(N5CC6CCC(C5)N6)nc(OCC5(CN6CCC7(CC6)CC(Nc6cccc8c(C9CCC(=O)NC9=O)n[nH]c68)C7)CC5)nc4c3F)c12. The highest BCUT2D eigenvalue weighted by atomic mass is 19.1. The van der Waals surface area contributed by atoms with Crippen LogP contribution in [0.2, 0.25) is 0 Å². The average molecular weight is 893 g/mol. The van der Waals surface area contributed by atoms with Gasteiger partial charge in [-0.3, -0.25) is 25.0 Å². The number of pyridine rings is 1. The lowest BCUT2D eigenvalue weighted by Crippen LogP contribution is -2.52. The van der Waals surface area contributed by atoms with Crippen LogP contribution < -0.4 is 25.6 Å². The summed E-state index contributed by atoms with van der Waals surface area (Å²) in [6, 6.07) is 12.6. The largest absolute Gasteiger partial charge is 0.508 e. The van der Waals surface area contributed by atoms with Crippen LogP contribution in [0.1, 0.15) is 81.4 Å². The maximum atomic E-state index is 17.1. The number of nitrogens with one attached hydrogen (secondary N) is 4. The zero-order chi connectivity index (χ0) is 44.9. The van der Waals surface area contributed by atoms with Crippen LogP contribution in [-0.4, -0.2) is 104 Å². The number of piperazine rings is 1. The smallest absolute Gasteiger partial charge is 0.319 e. The Bertz CT molecular complexity index is 3010. The third-order valence-electron chi connectivity index (χ3n) is 15.5. The van der Waals surface area contributed by atoms with Gasteiger partial charge in [0.2, 0.25) is 11.8 Å². The van der Waals surface area contributed by atoms with E-state index in [1.165, 1.54) is 24.3 Å². The topological polar surface area (TPSA) is 174 Å². The molecule has 2 amide bonds. The first-order valence-electron chi connectivity index (χ1n) is 23.3. The number of piperidine rings is 2. The normalized spacial score (nSPS) is 23.6. The Hall–Kier alpha value is -6.44. The molecule has 4 saturated heterocycles. The fourth-order valence-electron chi connectivity index (χ4n) is 11.8. The number of rotatable bonds is 10. The van der Waals surface area contributed by atoms with Crippen LogP contribution in [0.3, 0.4) is 0 Å². The van der Waals surface area contributed by atoms with E-state index in [0.29, 0.717) is 78.4 Å². The highest BCUT2D eigenvalue weighted by molar-refractivity contribution is 6.04. The number of terminal acetylenes is 1. The predicted octanol–water partition coefficient (Wildman–Crippen LogP) is 6.66. The Labute approximate surface area is 379 Å². The number of para-hydroxylation sites is 1. The van der Waals surface area contributed by atoms with Gasteiger partial charge in [0.15, 0.2) is 5.82 Å². The number of aromatic amines is 1. The zero-order valence-corrected chi connectivity index (χ0v) is 36.4. The van der Waals surface area contributed by atoms with Gasteiger partial charge >= 0.3 is 6.01 Å². The first-order valence-corrected chi connectivity index (χ1v) is 23.3. The number of aromatic hydroxyl groups is 1. The standard InChI is InChI=1S/C50H50F2N10O4/c1-2-32-37(51)10-6-27-18-31(63)19-35(40(27)32)44-41(52)45-36(22-53-44)46(62-23-28-7-8-29(24-62)54-28)58-48(57-45)66-26-50(12-13-50)25-61-16-14-49(15-17-61)20-30(21-49)55-38-5-3-4-33-42(59-60-43(33)38)34-9-11-39(64)56-47(34)65/h1,3-6,10,18-19,22,28-30,34,54-55,63H,7-9,11-17,20-21,23-26H2,(H,59,60)(H,56,64,65). The molecule has 6 aromatic rings. The molecule has 2 bridgehead atoms. The summed E-state index contributed by atoms with van der Waals surface area (Å²) in [6.45, 7) is 4.75. The Morgan fingerprint density at radius 3 is 2.55 bits per heavy atom. The third-order valence-corrected chi connectivity index (χ3v) is 15.5. The quantitative estimate of drug-likeness (QED) is 0.0733. The van der Waals surface area contributed by atoms with Gasteiger partial charge in [-0.1, -0.05) is 24.1 Å². The molecular weight excluding hydrogens is 843 g/mol. The molecule has 5 N–H and O–H groups in total. The minimum absolute atomic E-state index is 0.0380. The molecule has 16 heteroatoms. The minimum Gasteiger partial charge on any atom is -0.508 e. The number of phenols is 1. The van der Waals surface area contributed by atoms with Crippen molar-refractivity contribution < 1.29 is 28.2 Å². The number of amides is 2. The average Bonchev–Trinajstić information content (AvgIpc) is 3.79. The summed E-state index contributed by atoms with van der Waals surface area (Å²) in [5, 5.41) is 30.4. The second kappa shape index (κ2) is 15.6. The van der Waals surface area contributed by atoms with E-state index in [9.17, 15) is 14.7 Å². The molecule has 66 heavy (non-hydrogen) atoms. The van der Waals surface area contributed by atoms with E-state index in [4.69, 9.17) is 21.1 Å². The first-order chi connectivity index (χ1) is 32.0. The number of likely N-dealkylation sites (tertiary alicyclic amines) is 1. The van der Waals surface area contributed by atoms with Crippen LogP contribution in [0, 0.1) is 34.8 Å². The molecular formula is C50H50F2N10O4. The zero-order valence-electron chi connectivity index (χ0n) is 36.4. The molecule has 7 heterocycles. The van der Waals surface area contributed by atoms with Crippen molar-refractivity contribution in [1.82, 2.24) is 40.7 Å². The number of fused-ring (bicyclic) bond motifs is 5. The summed E-state index contributed by atoms with van der Waals surface area (Å²) in [4.78, 5) is 43.3. The molecule has 6 fully saturated rings. The van der Waals surface area contributed by atoms with Crippen molar-refractivity contribution in [3.05, 3.63) is 71.6 Å². The molecule has 0 radical (unpaired) electrons. The van der Waals surface area contributed by atoms with Crippen molar-refractivity contribution in [3.63, 3.8) is 0 Å². The Balaban J connectivity index is 0.736. The van der Waals surface area contributed by atoms with Crippen LogP contribution in [0.15, 0.2) is 48.7 Å². The van der Waals surface area contributed by atoms with Crippen LogP contribution in [0.4, 0.5) is 20.3 Å². The van der Waals surface area contributed by atoms with Crippen molar-refractivity contribution in [2.45, 2.75) is 88.3 Å². The number of anilines is 2. The fraction of sp³-hybridized carbons (Fsp3) is 0.440. The number of phenolic OH excluding ortho intramolecular Hbond substituents is 1. The highest BCUT2D eigenvalue weighted by Crippen LogP contribution is 2.52. The lowest BCUT2D eigenvalue weighted by atomic mass is 9.60. The van der Waals surface area contributed by atoms with Crippen molar-refractivity contribution in [2.75, 3.05) is 49.5 Å². The summed E-state index contributed by atoms with van der Waals surface area (Å²) >= 11 is 0. The van der Waals surface area contributed by atoms with E-state index in [1.807, 2.05) is 12.1 Å². The van der Waals surface area contributed by atoms with E-state index in [1.54, 1.807) is 6.20 Å². The van der Waals surface area contributed by atoms with Gasteiger partial charge in [-0.25, -0.2) is 8.78 Å². The van der Waals surface area contributed by atoms with Crippen LogP contribution in [-0.2, 0) is 9.59 Å². The van der Waals surface area contributed by atoms with Gasteiger partial charge in [-0.2, -0.15) is 15.1 Å². The molecule has 2 aliphatic carbocycles. The van der Waals surface area contributed by atoms with Gasteiger partial charge in [0.05, 0.1) is 40.4 Å². The third kappa shape index (κ3) is 7.14. The molecule has 338 valence electrons. The molecule has 1 spiro atoms. The minimum atomic E-state index is -0.729. The van der Waals surface area contributed by atoms with Gasteiger partial charge in [0, 0.05) is 72.1 Å². The van der Waals surface area contributed by atoms with E-state index in [-0.39, 0.29) is 56.7 Å². The van der Waals surface area contributed by atoms with Gasteiger partial charge < -0.3 is 30.3 Å². The number of aromatic nitrogens is 5. The van der Waals surface area contributed by atoms with Crippen molar-refractivity contribution in [2.24, 2.45) is 10.8 Å². The molecule has 3 atom stereocenters. The van der Waals surface area contributed by atoms with E-state index in [2.05, 4.69) is 52.9 Å². The summed E-state index contributed by atoms with van der Waals surface area (Å²) in [6.07, 6.45) is 16.7. The lowest BCUT2D eigenvalue weighted by Gasteiger charge is -2.53. The monoisotopic (exact) mass is 892 g/mol. The number of halogens is 2. The molecule has 2 saturated carbocycles.